The Labute approximate surface area is 125 Å². The van der Waals surface area contributed by atoms with Gasteiger partial charge in [-0.1, -0.05) is 26.7 Å². The molecule has 0 N–H and O–H groups in total. The van der Waals surface area contributed by atoms with E-state index in [9.17, 15) is 4.79 Å². The number of hydrogen-bond donors (Lipinski definition) is 0. The molecule has 0 spiro atoms. The fourth-order valence-electron chi connectivity index (χ4n) is 2.88. The Bertz CT molecular complexity index is 258. The van der Waals surface area contributed by atoms with Crippen LogP contribution >= 0.6 is 0 Å². The summed E-state index contributed by atoms with van der Waals surface area (Å²) in [5.41, 5.74) is 0. The predicted molar refractivity (Wildman–Crippen MR) is 85.1 cm³/mol. The van der Waals surface area contributed by atoms with Crippen molar-refractivity contribution < 1.29 is 4.79 Å². The summed E-state index contributed by atoms with van der Waals surface area (Å²) >= 11 is 0. The zero-order valence-corrected chi connectivity index (χ0v) is 13.7. The molecule has 1 fully saturated rings. The lowest BCUT2D eigenvalue weighted by Gasteiger charge is -2.30. The molecule has 0 aromatic heterocycles. The molecule has 0 aliphatic carbocycles. The SMILES string of the molecule is CCN(CC)CCCN(CC)C(=O)N1CCCCCC1. The van der Waals surface area contributed by atoms with Crippen LogP contribution in [-0.4, -0.2) is 66.5 Å². The average Bonchev–Trinajstić information content (AvgIpc) is 2.76. The van der Waals surface area contributed by atoms with E-state index in [1.807, 2.05) is 4.90 Å². The largest absolute Gasteiger partial charge is 0.325 e. The van der Waals surface area contributed by atoms with E-state index in [2.05, 4.69) is 30.6 Å². The van der Waals surface area contributed by atoms with Crippen LogP contribution in [-0.2, 0) is 0 Å². The number of carbonyl (C=O) groups excluding carboxylic acids is 1. The van der Waals surface area contributed by atoms with Crippen LogP contribution in [0, 0.1) is 0 Å². The van der Waals surface area contributed by atoms with Gasteiger partial charge in [0.1, 0.15) is 0 Å². The van der Waals surface area contributed by atoms with Crippen LogP contribution in [0.25, 0.3) is 0 Å². The minimum absolute atomic E-state index is 0.258. The third-order valence-electron chi connectivity index (χ3n) is 4.33. The lowest BCUT2D eigenvalue weighted by Crippen LogP contribution is -2.44. The van der Waals surface area contributed by atoms with Crippen LogP contribution < -0.4 is 0 Å². The molecular weight excluding hydrogens is 250 g/mol. The molecule has 0 bridgehead atoms. The monoisotopic (exact) mass is 283 g/mol. The molecule has 0 unspecified atom stereocenters. The highest BCUT2D eigenvalue weighted by molar-refractivity contribution is 5.74. The maximum Gasteiger partial charge on any atom is 0.319 e. The number of hydrogen-bond acceptors (Lipinski definition) is 2. The molecule has 0 radical (unpaired) electrons. The molecule has 1 aliphatic rings. The van der Waals surface area contributed by atoms with Crippen molar-refractivity contribution in [1.82, 2.24) is 14.7 Å². The van der Waals surface area contributed by atoms with Crippen molar-refractivity contribution in [2.24, 2.45) is 0 Å². The molecule has 1 rings (SSSR count). The van der Waals surface area contributed by atoms with Crippen LogP contribution in [0.2, 0.25) is 0 Å². The van der Waals surface area contributed by atoms with Crippen LogP contribution in [0.15, 0.2) is 0 Å². The first-order chi connectivity index (χ1) is 9.72. The van der Waals surface area contributed by atoms with Crippen molar-refractivity contribution in [3.8, 4) is 0 Å². The molecule has 118 valence electrons. The Morgan fingerprint density at radius 2 is 1.50 bits per heavy atom. The first-order valence-corrected chi connectivity index (χ1v) is 8.49. The van der Waals surface area contributed by atoms with Gasteiger partial charge in [-0.2, -0.15) is 0 Å². The Morgan fingerprint density at radius 3 is 2.00 bits per heavy atom. The van der Waals surface area contributed by atoms with Crippen LogP contribution in [0.1, 0.15) is 52.9 Å². The molecular formula is C16H33N3O. The van der Waals surface area contributed by atoms with Gasteiger partial charge < -0.3 is 14.7 Å². The summed E-state index contributed by atoms with van der Waals surface area (Å²) in [4.78, 5) is 19.0. The fourth-order valence-corrected chi connectivity index (χ4v) is 2.88. The van der Waals surface area contributed by atoms with Crippen LogP contribution in [0.3, 0.4) is 0 Å². The summed E-state index contributed by atoms with van der Waals surface area (Å²) in [5, 5.41) is 0. The Kier molecular flexibility index (Phi) is 8.67. The molecule has 20 heavy (non-hydrogen) atoms. The Hall–Kier alpha value is -0.770. The summed E-state index contributed by atoms with van der Waals surface area (Å²) in [6, 6.07) is 0.258. The van der Waals surface area contributed by atoms with Crippen molar-refractivity contribution in [2.45, 2.75) is 52.9 Å². The average molecular weight is 283 g/mol. The Morgan fingerprint density at radius 1 is 0.900 bits per heavy atom. The summed E-state index contributed by atoms with van der Waals surface area (Å²) in [7, 11) is 0. The number of carbonyl (C=O) groups is 1. The van der Waals surface area contributed by atoms with E-state index in [0.717, 1.165) is 52.2 Å². The topological polar surface area (TPSA) is 26.8 Å². The molecule has 4 nitrogen and oxygen atoms in total. The van der Waals surface area contributed by atoms with E-state index >= 15 is 0 Å². The van der Waals surface area contributed by atoms with Gasteiger partial charge in [-0.3, -0.25) is 0 Å². The molecule has 1 aliphatic heterocycles. The van der Waals surface area contributed by atoms with Crippen molar-refractivity contribution in [3.63, 3.8) is 0 Å². The van der Waals surface area contributed by atoms with E-state index in [0.29, 0.717) is 0 Å². The minimum Gasteiger partial charge on any atom is -0.325 e. The maximum atomic E-state index is 12.5. The van der Waals surface area contributed by atoms with E-state index in [-0.39, 0.29) is 6.03 Å². The van der Waals surface area contributed by atoms with Gasteiger partial charge >= 0.3 is 6.03 Å². The van der Waals surface area contributed by atoms with Crippen LogP contribution in [0.5, 0.6) is 0 Å². The fraction of sp³-hybridized carbons (Fsp3) is 0.938. The second kappa shape index (κ2) is 10.0. The van der Waals surface area contributed by atoms with Gasteiger partial charge in [-0.15, -0.1) is 0 Å². The standard InChI is InChI=1S/C16H33N3O/c1-4-17(5-2)12-11-15-18(6-3)16(20)19-13-9-7-8-10-14-19/h4-15H2,1-3H3. The second-order valence-corrected chi connectivity index (χ2v) is 5.64. The van der Waals surface area contributed by atoms with Gasteiger partial charge in [0, 0.05) is 26.2 Å². The lowest BCUT2D eigenvalue weighted by atomic mass is 10.2. The van der Waals surface area contributed by atoms with E-state index < -0.39 is 0 Å². The van der Waals surface area contributed by atoms with Gasteiger partial charge in [0.15, 0.2) is 0 Å². The predicted octanol–water partition coefficient (Wildman–Crippen LogP) is 3.04. The first-order valence-electron chi connectivity index (χ1n) is 8.49. The molecule has 0 aromatic rings. The highest BCUT2D eigenvalue weighted by atomic mass is 16.2. The quantitative estimate of drug-likeness (QED) is 0.718. The zero-order valence-electron chi connectivity index (χ0n) is 13.7. The van der Waals surface area contributed by atoms with Gasteiger partial charge in [0.05, 0.1) is 0 Å². The lowest BCUT2D eigenvalue weighted by molar-refractivity contribution is 0.153. The first kappa shape index (κ1) is 17.3. The normalized spacial score (nSPS) is 16.3. The number of rotatable bonds is 7. The Balaban J connectivity index is 2.37. The van der Waals surface area contributed by atoms with Crippen LogP contribution in [0.4, 0.5) is 4.79 Å². The number of amides is 2. The zero-order chi connectivity index (χ0) is 14.8. The molecule has 1 saturated heterocycles. The molecule has 1 heterocycles. The summed E-state index contributed by atoms with van der Waals surface area (Å²) < 4.78 is 0. The second-order valence-electron chi connectivity index (χ2n) is 5.64. The van der Waals surface area contributed by atoms with Crippen molar-refractivity contribution in [1.29, 1.82) is 0 Å². The summed E-state index contributed by atoms with van der Waals surface area (Å²) in [6.45, 7) is 13.4. The van der Waals surface area contributed by atoms with E-state index in [1.165, 1.54) is 25.7 Å². The smallest absolute Gasteiger partial charge is 0.319 e. The highest BCUT2D eigenvalue weighted by Crippen LogP contribution is 2.12. The van der Waals surface area contributed by atoms with Gasteiger partial charge in [0.2, 0.25) is 0 Å². The molecule has 4 heteroatoms. The molecule has 0 aromatic carbocycles. The number of nitrogens with zero attached hydrogens (tertiary/aromatic N) is 3. The van der Waals surface area contributed by atoms with Crippen molar-refractivity contribution >= 4 is 6.03 Å². The molecule has 0 saturated carbocycles. The van der Waals surface area contributed by atoms with Gasteiger partial charge in [-0.25, -0.2) is 4.79 Å². The number of urea groups is 1. The van der Waals surface area contributed by atoms with Crippen molar-refractivity contribution in [3.05, 3.63) is 0 Å². The molecule has 2 amide bonds. The third-order valence-corrected chi connectivity index (χ3v) is 4.33. The van der Waals surface area contributed by atoms with Gasteiger partial charge in [-0.05, 0) is 45.8 Å². The third kappa shape index (κ3) is 5.70. The molecule has 0 atom stereocenters. The highest BCUT2D eigenvalue weighted by Gasteiger charge is 2.20. The summed E-state index contributed by atoms with van der Waals surface area (Å²) in [5.74, 6) is 0. The van der Waals surface area contributed by atoms with E-state index in [4.69, 9.17) is 0 Å². The van der Waals surface area contributed by atoms with E-state index in [1.54, 1.807) is 0 Å². The van der Waals surface area contributed by atoms with Gasteiger partial charge in [0.25, 0.3) is 0 Å². The summed E-state index contributed by atoms with van der Waals surface area (Å²) in [6.07, 6.45) is 5.97. The van der Waals surface area contributed by atoms with Crippen molar-refractivity contribution in [2.75, 3.05) is 45.8 Å². The maximum absolute atomic E-state index is 12.5. The minimum atomic E-state index is 0.258. The number of likely N-dealkylation sites (tertiary alicyclic amines) is 1.